The zero-order valence-corrected chi connectivity index (χ0v) is 19.9. The number of ether oxygens (including phenoxy) is 2. The molecule has 0 aliphatic rings. The van der Waals surface area contributed by atoms with Gasteiger partial charge < -0.3 is 19.1 Å². The molecule has 3 aromatic rings. The van der Waals surface area contributed by atoms with Crippen molar-refractivity contribution in [3.63, 3.8) is 0 Å². The van der Waals surface area contributed by atoms with E-state index in [1.54, 1.807) is 6.07 Å². The van der Waals surface area contributed by atoms with Gasteiger partial charge in [0.25, 0.3) is 0 Å². The molecule has 0 saturated carbocycles. The summed E-state index contributed by atoms with van der Waals surface area (Å²) in [6.07, 6.45) is -2.97. The fourth-order valence-corrected chi connectivity index (χ4v) is 3.80. The number of halogens is 3. The van der Waals surface area contributed by atoms with Crippen LogP contribution in [0.2, 0.25) is 0 Å². The maximum absolute atomic E-state index is 14.1. The first-order chi connectivity index (χ1) is 16.6. The summed E-state index contributed by atoms with van der Waals surface area (Å²) in [6, 6.07) is 13.1. The molecule has 0 aliphatic carbocycles. The molecule has 1 atom stereocenters. The molecule has 1 unspecified atom stereocenters. The second kappa shape index (κ2) is 11.4. The molecule has 1 N–H and O–H groups in total. The molecule has 5 nitrogen and oxygen atoms in total. The highest BCUT2D eigenvalue weighted by atomic mass is 19.4. The van der Waals surface area contributed by atoms with Crippen LogP contribution in [0.5, 0.6) is 5.75 Å². The number of rotatable bonds is 11. The maximum atomic E-state index is 14.1. The molecule has 0 spiro atoms. The first-order valence-corrected chi connectivity index (χ1v) is 11.5. The van der Waals surface area contributed by atoms with E-state index in [1.165, 1.54) is 19.1 Å². The number of hydrogen-bond acceptors (Lipinski definition) is 4. The van der Waals surface area contributed by atoms with Crippen LogP contribution in [-0.4, -0.2) is 35.0 Å². The maximum Gasteiger partial charge on any atom is 0.417 e. The van der Waals surface area contributed by atoms with E-state index in [-0.39, 0.29) is 30.1 Å². The van der Waals surface area contributed by atoms with Crippen LogP contribution in [0.4, 0.5) is 13.2 Å². The fourth-order valence-electron chi connectivity index (χ4n) is 3.80. The zero-order chi connectivity index (χ0) is 25.6. The fraction of sp³-hybridized carbons (Fsp3) is 0.370. The van der Waals surface area contributed by atoms with Crippen LogP contribution in [0.15, 0.2) is 60.7 Å². The number of unbranched alkanes of at least 4 members (excludes halogenated alkanes) is 2. The lowest BCUT2D eigenvalue weighted by Gasteiger charge is -2.18. The number of benzene rings is 2. The van der Waals surface area contributed by atoms with Crippen molar-refractivity contribution in [2.75, 3.05) is 13.2 Å². The van der Waals surface area contributed by atoms with Crippen LogP contribution in [-0.2, 0) is 22.3 Å². The van der Waals surface area contributed by atoms with Gasteiger partial charge in [-0.1, -0.05) is 44.5 Å². The van der Waals surface area contributed by atoms with E-state index in [1.807, 2.05) is 28.8 Å². The Bertz CT molecular complexity index is 1180. The van der Waals surface area contributed by atoms with Crippen molar-refractivity contribution in [1.29, 1.82) is 0 Å². The normalized spacial score (nSPS) is 12.5. The number of aliphatic hydroxyl groups is 1. The standard InChI is InChI=1S/C27H30F3NO4/c1-4-5-8-13-31-24-10-7-6-9-19(24)14-25(31)22-12-11-21(15-23(22)27(28,29)30)34-16-20(32)17-35-26(33)18(2)3/h6-7,9-12,14-15,20,32H,2,4-5,8,13,16-17H2,1,3H3. The monoisotopic (exact) mass is 489 g/mol. The Morgan fingerprint density at radius 2 is 1.86 bits per heavy atom. The van der Waals surface area contributed by atoms with E-state index in [0.717, 1.165) is 36.2 Å². The van der Waals surface area contributed by atoms with Crippen LogP contribution in [0, 0.1) is 0 Å². The molecule has 1 heterocycles. The minimum Gasteiger partial charge on any atom is -0.491 e. The summed E-state index contributed by atoms with van der Waals surface area (Å²) in [5.74, 6) is -0.706. The van der Waals surface area contributed by atoms with Gasteiger partial charge in [0.05, 0.1) is 5.56 Å². The van der Waals surface area contributed by atoms with E-state index >= 15 is 0 Å². The number of nitrogens with zero attached hydrogens (tertiary/aromatic N) is 1. The number of aryl methyl sites for hydroxylation is 1. The molecule has 2 aromatic carbocycles. The lowest BCUT2D eigenvalue weighted by molar-refractivity contribution is -0.142. The largest absolute Gasteiger partial charge is 0.491 e. The number of alkyl halides is 3. The molecule has 0 saturated heterocycles. The highest BCUT2D eigenvalue weighted by molar-refractivity contribution is 5.88. The molecule has 3 rings (SSSR count). The van der Waals surface area contributed by atoms with Gasteiger partial charge >= 0.3 is 12.1 Å². The molecule has 35 heavy (non-hydrogen) atoms. The van der Waals surface area contributed by atoms with Crippen molar-refractivity contribution in [3.8, 4) is 17.0 Å². The van der Waals surface area contributed by atoms with Crippen molar-refractivity contribution in [2.45, 2.75) is 51.9 Å². The number of carbonyl (C=O) groups is 1. The van der Waals surface area contributed by atoms with Crippen molar-refractivity contribution >= 4 is 16.9 Å². The smallest absolute Gasteiger partial charge is 0.417 e. The Morgan fingerprint density at radius 3 is 2.54 bits per heavy atom. The Balaban J connectivity index is 1.89. The van der Waals surface area contributed by atoms with Crippen molar-refractivity contribution in [2.24, 2.45) is 0 Å². The van der Waals surface area contributed by atoms with Crippen molar-refractivity contribution in [3.05, 3.63) is 66.2 Å². The summed E-state index contributed by atoms with van der Waals surface area (Å²) < 4.78 is 54.5. The van der Waals surface area contributed by atoms with Gasteiger partial charge in [-0.05, 0) is 43.7 Å². The van der Waals surface area contributed by atoms with E-state index < -0.39 is 23.8 Å². The zero-order valence-electron chi connectivity index (χ0n) is 19.9. The van der Waals surface area contributed by atoms with Gasteiger partial charge in [0.1, 0.15) is 25.1 Å². The molecule has 0 fully saturated rings. The summed E-state index contributed by atoms with van der Waals surface area (Å²) in [5, 5.41) is 10.8. The molecule has 0 aliphatic heterocycles. The number of aromatic nitrogens is 1. The highest BCUT2D eigenvalue weighted by Gasteiger charge is 2.35. The van der Waals surface area contributed by atoms with E-state index in [0.29, 0.717) is 12.2 Å². The van der Waals surface area contributed by atoms with Gasteiger partial charge in [-0.25, -0.2) is 4.79 Å². The lowest BCUT2D eigenvalue weighted by atomic mass is 10.0. The van der Waals surface area contributed by atoms with Gasteiger partial charge in [-0.3, -0.25) is 0 Å². The summed E-state index contributed by atoms with van der Waals surface area (Å²) in [6.45, 7) is 6.91. The number of esters is 1. The molecule has 188 valence electrons. The van der Waals surface area contributed by atoms with Crippen LogP contribution in [0.3, 0.4) is 0 Å². The second-order valence-electron chi connectivity index (χ2n) is 8.50. The Kier molecular flexibility index (Phi) is 8.62. The third kappa shape index (κ3) is 6.66. The summed E-state index contributed by atoms with van der Waals surface area (Å²) in [5.41, 5.74) is 0.800. The number of carbonyl (C=O) groups excluding carboxylic acids is 1. The van der Waals surface area contributed by atoms with Gasteiger partial charge in [0.15, 0.2) is 0 Å². The predicted molar refractivity (Wildman–Crippen MR) is 129 cm³/mol. The number of fused-ring (bicyclic) bond motifs is 1. The van der Waals surface area contributed by atoms with E-state index in [2.05, 4.69) is 13.5 Å². The van der Waals surface area contributed by atoms with Crippen molar-refractivity contribution < 1.29 is 32.5 Å². The van der Waals surface area contributed by atoms with E-state index in [9.17, 15) is 23.1 Å². The second-order valence-corrected chi connectivity index (χ2v) is 8.50. The summed E-state index contributed by atoms with van der Waals surface area (Å²) in [4.78, 5) is 11.4. The molecule has 0 bridgehead atoms. The van der Waals surface area contributed by atoms with Gasteiger partial charge in [0, 0.05) is 34.3 Å². The Hall–Kier alpha value is -3.26. The van der Waals surface area contributed by atoms with Gasteiger partial charge in [-0.2, -0.15) is 13.2 Å². The lowest BCUT2D eigenvalue weighted by Crippen LogP contribution is -2.25. The molecule has 0 radical (unpaired) electrons. The molecular formula is C27H30F3NO4. The van der Waals surface area contributed by atoms with Gasteiger partial charge in [0.2, 0.25) is 0 Å². The highest BCUT2D eigenvalue weighted by Crippen LogP contribution is 2.41. The van der Waals surface area contributed by atoms with Gasteiger partial charge in [-0.15, -0.1) is 0 Å². The summed E-state index contributed by atoms with van der Waals surface area (Å²) in [7, 11) is 0. The third-order valence-electron chi connectivity index (χ3n) is 5.57. The van der Waals surface area contributed by atoms with Crippen LogP contribution < -0.4 is 4.74 Å². The molecule has 8 heteroatoms. The minimum atomic E-state index is -4.62. The Labute approximate surface area is 202 Å². The minimum absolute atomic E-state index is 0.0417. The topological polar surface area (TPSA) is 60.7 Å². The van der Waals surface area contributed by atoms with Crippen molar-refractivity contribution in [1.82, 2.24) is 4.57 Å². The molecule has 0 amide bonds. The average molecular weight is 490 g/mol. The number of aliphatic hydroxyl groups excluding tert-OH is 1. The first kappa shape index (κ1) is 26.3. The molecular weight excluding hydrogens is 459 g/mol. The number of hydrogen-bond donors (Lipinski definition) is 1. The SMILES string of the molecule is C=C(C)C(=O)OCC(O)COc1ccc(-c2cc3ccccc3n2CCCCC)c(C(F)(F)F)c1. The van der Waals surface area contributed by atoms with Crippen LogP contribution in [0.25, 0.3) is 22.2 Å². The first-order valence-electron chi connectivity index (χ1n) is 11.5. The average Bonchev–Trinajstić information content (AvgIpc) is 3.19. The van der Waals surface area contributed by atoms with E-state index in [4.69, 9.17) is 9.47 Å². The predicted octanol–water partition coefficient (Wildman–Crippen LogP) is 6.38. The quantitative estimate of drug-likeness (QED) is 0.193. The number of para-hydroxylation sites is 1. The van der Waals surface area contributed by atoms with Crippen LogP contribution >= 0.6 is 0 Å². The molecule has 1 aromatic heterocycles. The third-order valence-corrected chi connectivity index (χ3v) is 5.57. The Morgan fingerprint density at radius 1 is 1.11 bits per heavy atom. The van der Waals surface area contributed by atoms with Crippen LogP contribution in [0.1, 0.15) is 38.7 Å². The summed E-state index contributed by atoms with van der Waals surface area (Å²) >= 11 is 0.